The predicted octanol–water partition coefficient (Wildman–Crippen LogP) is 1.47. The number of nitrogens with zero attached hydrogens (tertiary/aromatic N) is 1. The third-order valence-corrected chi connectivity index (χ3v) is 3.28. The third kappa shape index (κ3) is 3.74. The molecule has 1 unspecified atom stereocenters. The Labute approximate surface area is 111 Å². The number of likely N-dealkylation sites (tertiary alicyclic amines) is 1. The predicted molar refractivity (Wildman–Crippen MR) is 67.8 cm³/mol. The fraction of sp³-hybridized carbons (Fsp3) is 0.538. The van der Waals surface area contributed by atoms with Gasteiger partial charge in [0.05, 0.1) is 12.7 Å². The number of furan rings is 1. The minimum absolute atomic E-state index is 0.0194. The minimum Gasteiger partial charge on any atom is -0.481 e. The van der Waals surface area contributed by atoms with Gasteiger partial charge in [0.15, 0.2) is 0 Å². The maximum atomic E-state index is 12.0. The van der Waals surface area contributed by atoms with Gasteiger partial charge in [0, 0.05) is 25.6 Å². The molecule has 1 aliphatic rings. The van der Waals surface area contributed by atoms with Gasteiger partial charge in [-0.3, -0.25) is 4.79 Å². The summed E-state index contributed by atoms with van der Waals surface area (Å²) in [4.78, 5) is 24.3. The van der Waals surface area contributed by atoms with Crippen LogP contribution in [0.2, 0.25) is 0 Å². The molecule has 1 saturated heterocycles. The van der Waals surface area contributed by atoms with Gasteiger partial charge in [-0.05, 0) is 25.0 Å². The molecule has 0 aliphatic carbocycles. The fourth-order valence-electron chi connectivity index (χ4n) is 2.37. The van der Waals surface area contributed by atoms with Crippen LogP contribution in [-0.2, 0) is 11.2 Å². The normalized spacial score (nSPS) is 18.5. The second kappa shape index (κ2) is 6.26. The van der Waals surface area contributed by atoms with Crippen molar-refractivity contribution in [1.82, 2.24) is 10.2 Å². The van der Waals surface area contributed by atoms with Crippen LogP contribution in [0.4, 0.5) is 4.79 Å². The number of carbonyl (C=O) groups excluding carboxylic acids is 1. The van der Waals surface area contributed by atoms with Gasteiger partial charge in [0.2, 0.25) is 0 Å². The third-order valence-electron chi connectivity index (χ3n) is 3.28. The van der Waals surface area contributed by atoms with E-state index in [0.717, 1.165) is 18.6 Å². The van der Waals surface area contributed by atoms with Crippen LogP contribution in [0.25, 0.3) is 0 Å². The maximum absolute atomic E-state index is 12.0. The van der Waals surface area contributed by atoms with Crippen molar-refractivity contribution in [2.45, 2.75) is 31.7 Å². The SMILES string of the molecule is O=C(O)CC1CCCN1C(=O)NCCc1ccco1. The van der Waals surface area contributed by atoms with Crippen LogP contribution in [0.3, 0.4) is 0 Å². The summed E-state index contributed by atoms with van der Waals surface area (Å²) in [5, 5.41) is 11.6. The van der Waals surface area contributed by atoms with Gasteiger partial charge >= 0.3 is 12.0 Å². The topological polar surface area (TPSA) is 82.8 Å². The fourth-order valence-corrected chi connectivity index (χ4v) is 2.37. The molecule has 2 amide bonds. The van der Waals surface area contributed by atoms with Crippen molar-refractivity contribution in [3.05, 3.63) is 24.2 Å². The second-order valence-electron chi connectivity index (χ2n) is 4.65. The number of aliphatic carboxylic acids is 1. The number of amides is 2. The summed E-state index contributed by atoms with van der Waals surface area (Å²) in [5.74, 6) is -0.0379. The summed E-state index contributed by atoms with van der Waals surface area (Å²) in [7, 11) is 0. The molecule has 104 valence electrons. The van der Waals surface area contributed by atoms with Crippen LogP contribution in [-0.4, -0.2) is 41.1 Å². The number of carboxylic acids is 1. The molecule has 19 heavy (non-hydrogen) atoms. The van der Waals surface area contributed by atoms with Gasteiger partial charge in [-0.25, -0.2) is 4.79 Å². The molecule has 1 aromatic heterocycles. The quantitative estimate of drug-likeness (QED) is 0.845. The van der Waals surface area contributed by atoms with Crippen LogP contribution in [0.1, 0.15) is 25.0 Å². The Morgan fingerprint density at radius 3 is 3.05 bits per heavy atom. The summed E-state index contributed by atoms with van der Waals surface area (Å²) in [6, 6.07) is 3.30. The average molecular weight is 266 g/mol. The van der Waals surface area contributed by atoms with Gasteiger partial charge in [0.25, 0.3) is 0 Å². The van der Waals surface area contributed by atoms with E-state index in [-0.39, 0.29) is 18.5 Å². The Morgan fingerprint density at radius 1 is 1.53 bits per heavy atom. The molecule has 0 spiro atoms. The highest BCUT2D eigenvalue weighted by atomic mass is 16.4. The first kappa shape index (κ1) is 13.5. The summed E-state index contributed by atoms with van der Waals surface area (Å²) in [6.45, 7) is 1.12. The monoisotopic (exact) mass is 266 g/mol. The number of hydrogen-bond donors (Lipinski definition) is 2. The molecular weight excluding hydrogens is 248 g/mol. The van der Waals surface area contributed by atoms with Crippen molar-refractivity contribution >= 4 is 12.0 Å². The van der Waals surface area contributed by atoms with Gasteiger partial charge in [0.1, 0.15) is 5.76 Å². The van der Waals surface area contributed by atoms with Gasteiger partial charge < -0.3 is 19.7 Å². The average Bonchev–Trinajstić information content (AvgIpc) is 2.99. The number of carboxylic acid groups (broad SMARTS) is 1. The Morgan fingerprint density at radius 2 is 2.37 bits per heavy atom. The maximum Gasteiger partial charge on any atom is 0.317 e. The van der Waals surface area contributed by atoms with Gasteiger partial charge in [-0.2, -0.15) is 0 Å². The highest BCUT2D eigenvalue weighted by Crippen LogP contribution is 2.19. The number of rotatable bonds is 5. The van der Waals surface area contributed by atoms with Crippen LogP contribution in [0.5, 0.6) is 0 Å². The molecular formula is C13H18N2O4. The molecule has 2 heterocycles. The second-order valence-corrected chi connectivity index (χ2v) is 4.65. The molecule has 1 aliphatic heterocycles. The van der Waals surface area contributed by atoms with E-state index in [2.05, 4.69) is 5.32 Å². The first-order valence-corrected chi connectivity index (χ1v) is 6.45. The molecule has 0 aromatic carbocycles. The Bertz CT molecular complexity index is 430. The highest BCUT2D eigenvalue weighted by molar-refractivity contribution is 5.76. The number of nitrogens with one attached hydrogen (secondary N) is 1. The van der Waals surface area contributed by atoms with Crippen molar-refractivity contribution in [1.29, 1.82) is 0 Å². The van der Waals surface area contributed by atoms with E-state index in [4.69, 9.17) is 9.52 Å². The zero-order chi connectivity index (χ0) is 13.7. The Balaban J connectivity index is 1.77. The van der Waals surface area contributed by atoms with E-state index < -0.39 is 5.97 Å². The Hall–Kier alpha value is -1.98. The van der Waals surface area contributed by atoms with Crippen LogP contribution < -0.4 is 5.32 Å². The number of carbonyl (C=O) groups is 2. The van der Waals surface area contributed by atoms with E-state index in [0.29, 0.717) is 19.5 Å². The van der Waals surface area contributed by atoms with Crippen molar-refractivity contribution in [3.8, 4) is 0 Å². The molecule has 1 atom stereocenters. The molecule has 2 rings (SSSR count). The lowest BCUT2D eigenvalue weighted by Crippen LogP contribution is -2.44. The standard InChI is InChI=1S/C13H18N2O4/c16-12(17)9-10-3-1-7-15(10)13(18)14-6-5-11-4-2-8-19-11/h2,4,8,10H,1,3,5-7,9H2,(H,14,18)(H,16,17). The van der Waals surface area contributed by atoms with Crippen molar-refractivity contribution in [2.75, 3.05) is 13.1 Å². The summed E-state index contributed by atoms with van der Waals surface area (Å²) >= 11 is 0. The van der Waals surface area contributed by atoms with Crippen LogP contribution >= 0.6 is 0 Å². The van der Waals surface area contributed by atoms with Crippen LogP contribution in [0.15, 0.2) is 22.8 Å². The number of urea groups is 1. The van der Waals surface area contributed by atoms with Crippen molar-refractivity contribution in [2.24, 2.45) is 0 Å². The smallest absolute Gasteiger partial charge is 0.317 e. The molecule has 6 nitrogen and oxygen atoms in total. The van der Waals surface area contributed by atoms with E-state index in [9.17, 15) is 9.59 Å². The first-order valence-electron chi connectivity index (χ1n) is 6.45. The van der Waals surface area contributed by atoms with E-state index in [1.54, 1.807) is 17.2 Å². The molecule has 1 aromatic rings. The highest BCUT2D eigenvalue weighted by Gasteiger charge is 2.30. The lowest BCUT2D eigenvalue weighted by Gasteiger charge is -2.23. The first-order chi connectivity index (χ1) is 9.16. The van der Waals surface area contributed by atoms with Crippen molar-refractivity contribution in [3.63, 3.8) is 0 Å². The molecule has 0 bridgehead atoms. The van der Waals surface area contributed by atoms with Crippen molar-refractivity contribution < 1.29 is 19.1 Å². The lowest BCUT2D eigenvalue weighted by atomic mass is 10.1. The summed E-state index contributed by atoms with van der Waals surface area (Å²) < 4.78 is 5.17. The zero-order valence-corrected chi connectivity index (χ0v) is 10.7. The largest absolute Gasteiger partial charge is 0.481 e. The molecule has 6 heteroatoms. The van der Waals surface area contributed by atoms with E-state index >= 15 is 0 Å². The van der Waals surface area contributed by atoms with E-state index in [1.165, 1.54) is 0 Å². The molecule has 2 N–H and O–H groups in total. The molecule has 0 saturated carbocycles. The minimum atomic E-state index is -0.861. The summed E-state index contributed by atoms with van der Waals surface area (Å²) in [5.41, 5.74) is 0. The summed E-state index contributed by atoms with van der Waals surface area (Å²) in [6.07, 6.45) is 3.88. The Kier molecular flexibility index (Phi) is 4.43. The molecule has 0 radical (unpaired) electrons. The molecule has 1 fully saturated rings. The van der Waals surface area contributed by atoms with Gasteiger partial charge in [-0.1, -0.05) is 0 Å². The van der Waals surface area contributed by atoms with E-state index in [1.807, 2.05) is 6.07 Å². The zero-order valence-electron chi connectivity index (χ0n) is 10.7. The van der Waals surface area contributed by atoms with Gasteiger partial charge in [-0.15, -0.1) is 0 Å². The lowest BCUT2D eigenvalue weighted by molar-refractivity contribution is -0.137. The van der Waals surface area contributed by atoms with Crippen LogP contribution in [0, 0.1) is 0 Å². The number of hydrogen-bond acceptors (Lipinski definition) is 3.